The van der Waals surface area contributed by atoms with Gasteiger partial charge in [0.15, 0.2) is 6.29 Å². The third kappa shape index (κ3) is 4.14. The van der Waals surface area contributed by atoms with E-state index in [2.05, 4.69) is 16.8 Å². The predicted molar refractivity (Wildman–Crippen MR) is 71.7 cm³/mol. The highest BCUT2D eigenvalue weighted by Crippen LogP contribution is 2.23. The molecule has 0 aliphatic carbocycles. The zero-order valence-electron chi connectivity index (χ0n) is 12.3. The lowest BCUT2D eigenvalue weighted by molar-refractivity contribution is -0.187. The molecule has 0 spiro atoms. The Morgan fingerprint density at radius 2 is 2.00 bits per heavy atom. The van der Waals surface area contributed by atoms with Gasteiger partial charge in [0.1, 0.15) is 0 Å². The van der Waals surface area contributed by atoms with Gasteiger partial charge in [0.2, 0.25) is 0 Å². The number of methoxy groups -OCH3 is 2. The molecule has 5 nitrogen and oxygen atoms in total. The van der Waals surface area contributed by atoms with Crippen LogP contribution in [0.4, 0.5) is 0 Å². The molecular formula is C13H26N2O3. The zero-order valence-corrected chi connectivity index (χ0v) is 12.3. The van der Waals surface area contributed by atoms with Gasteiger partial charge in [0.25, 0.3) is 6.02 Å². The van der Waals surface area contributed by atoms with Crippen LogP contribution in [0.15, 0.2) is 4.99 Å². The SMILES string of the molecule is CO/C(=N/C(C)C)N(C)C1CC(OC)O[C@H](C)C1. The molecule has 0 saturated carbocycles. The normalized spacial score (nSPS) is 29.5. The van der Waals surface area contributed by atoms with Gasteiger partial charge in [-0.1, -0.05) is 0 Å². The minimum absolute atomic E-state index is 0.140. The van der Waals surface area contributed by atoms with E-state index in [1.807, 2.05) is 20.9 Å². The molecule has 18 heavy (non-hydrogen) atoms. The first-order valence-corrected chi connectivity index (χ1v) is 6.50. The quantitative estimate of drug-likeness (QED) is 0.572. The van der Waals surface area contributed by atoms with Gasteiger partial charge in [-0.2, -0.15) is 0 Å². The number of nitrogens with zero attached hydrogens (tertiary/aromatic N) is 2. The van der Waals surface area contributed by atoms with Crippen LogP contribution in [0.25, 0.3) is 0 Å². The maximum Gasteiger partial charge on any atom is 0.287 e. The Bertz CT molecular complexity index is 281. The molecule has 1 rings (SSSR count). The Balaban J connectivity index is 2.72. The second-order valence-electron chi connectivity index (χ2n) is 5.06. The van der Waals surface area contributed by atoms with Crippen LogP contribution >= 0.6 is 0 Å². The third-order valence-corrected chi connectivity index (χ3v) is 3.12. The fraction of sp³-hybridized carbons (Fsp3) is 0.923. The molecule has 0 bridgehead atoms. The fourth-order valence-electron chi connectivity index (χ4n) is 2.20. The lowest BCUT2D eigenvalue weighted by atomic mass is 10.0. The summed E-state index contributed by atoms with van der Waals surface area (Å²) in [5.74, 6) is 0. The van der Waals surface area contributed by atoms with Crippen molar-refractivity contribution in [3.63, 3.8) is 0 Å². The van der Waals surface area contributed by atoms with Crippen LogP contribution in [-0.4, -0.2) is 56.7 Å². The van der Waals surface area contributed by atoms with Gasteiger partial charge in [-0.15, -0.1) is 0 Å². The van der Waals surface area contributed by atoms with Crippen LogP contribution < -0.4 is 0 Å². The maximum absolute atomic E-state index is 5.68. The molecule has 0 aromatic carbocycles. The van der Waals surface area contributed by atoms with Crippen LogP contribution in [0, 0.1) is 0 Å². The van der Waals surface area contributed by atoms with Crippen molar-refractivity contribution in [2.24, 2.45) is 4.99 Å². The number of hydrogen-bond acceptors (Lipinski definition) is 4. The molecule has 0 aromatic heterocycles. The van der Waals surface area contributed by atoms with Crippen molar-refractivity contribution in [2.45, 2.75) is 58.1 Å². The van der Waals surface area contributed by atoms with Gasteiger partial charge < -0.3 is 19.1 Å². The van der Waals surface area contributed by atoms with Gasteiger partial charge in [0, 0.05) is 32.7 Å². The van der Waals surface area contributed by atoms with Gasteiger partial charge >= 0.3 is 0 Å². The molecule has 0 N–H and O–H groups in total. The standard InChI is InChI=1S/C13H26N2O3/c1-9(2)14-13(17-6)15(4)11-7-10(3)18-12(8-11)16-5/h9-12H,7-8H2,1-6H3/b14-13+/t10-,11?,12?/m1/s1. The minimum Gasteiger partial charge on any atom is -0.468 e. The zero-order chi connectivity index (χ0) is 13.7. The average Bonchev–Trinajstić information content (AvgIpc) is 2.34. The molecule has 2 unspecified atom stereocenters. The second kappa shape index (κ2) is 6.95. The largest absolute Gasteiger partial charge is 0.468 e. The molecule has 0 amide bonds. The van der Waals surface area contributed by atoms with Gasteiger partial charge in [-0.25, -0.2) is 4.99 Å². The van der Waals surface area contributed by atoms with Crippen molar-refractivity contribution in [1.29, 1.82) is 0 Å². The van der Waals surface area contributed by atoms with Gasteiger partial charge in [-0.05, 0) is 27.2 Å². The second-order valence-corrected chi connectivity index (χ2v) is 5.06. The fourth-order valence-corrected chi connectivity index (χ4v) is 2.20. The van der Waals surface area contributed by atoms with Crippen molar-refractivity contribution in [3.8, 4) is 0 Å². The highest BCUT2D eigenvalue weighted by atomic mass is 16.7. The summed E-state index contributed by atoms with van der Waals surface area (Å²) in [6, 6.07) is 1.23. The van der Waals surface area contributed by atoms with Crippen LogP contribution in [-0.2, 0) is 14.2 Å². The predicted octanol–water partition coefficient (Wildman–Crippen LogP) is 1.87. The van der Waals surface area contributed by atoms with E-state index in [4.69, 9.17) is 14.2 Å². The number of ether oxygens (including phenoxy) is 3. The van der Waals surface area contributed by atoms with Crippen LogP contribution in [0.2, 0.25) is 0 Å². The number of amidine groups is 1. The minimum atomic E-state index is -0.140. The van der Waals surface area contributed by atoms with Crippen molar-refractivity contribution in [1.82, 2.24) is 4.90 Å². The van der Waals surface area contributed by atoms with Crippen LogP contribution in [0.5, 0.6) is 0 Å². The molecule has 3 atom stereocenters. The van der Waals surface area contributed by atoms with Gasteiger partial charge in [-0.3, -0.25) is 0 Å². The highest BCUT2D eigenvalue weighted by molar-refractivity contribution is 5.73. The number of aliphatic imine (C=N–C) groups is 1. The van der Waals surface area contributed by atoms with Crippen molar-refractivity contribution in [2.75, 3.05) is 21.3 Å². The van der Waals surface area contributed by atoms with Crippen molar-refractivity contribution < 1.29 is 14.2 Å². The summed E-state index contributed by atoms with van der Waals surface area (Å²) in [5, 5.41) is 0. The first kappa shape index (κ1) is 15.2. The Morgan fingerprint density at radius 1 is 1.33 bits per heavy atom. The molecule has 1 aliphatic heterocycles. The lowest BCUT2D eigenvalue weighted by Gasteiger charge is -2.38. The molecule has 106 valence electrons. The monoisotopic (exact) mass is 258 g/mol. The summed E-state index contributed by atoms with van der Waals surface area (Å²) in [6.45, 7) is 6.15. The van der Waals surface area contributed by atoms with Crippen LogP contribution in [0.3, 0.4) is 0 Å². The molecule has 0 aromatic rings. The summed E-state index contributed by atoms with van der Waals surface area (Å²) in [7, 11) is 5.35. The summed E-state index contributed by atoms with van der Waals surface area (Å²) in [5.41, 5.74) is 0. The molecule has 1 aliphatic rings. The molecule has 0 radical (unpaired) electrons. The van der Waals surface area contributed by atoms with E-state index >= 15 is 0 Å². The average molecular weight is 258 g/mol. The first-order chi connectivity index (χ1) is 8.47. The van der Waals surface area contributed by atoms with Crippen molar-refractivity contribution in [3.05, 3.63) is 0 Å². The maximum atomic E-state index is 5.68. The smallest absolute Gasteiger partial charge is 0.287 e. The number of hydrogen-bond donors (Lipinski definition) is 0. The molecule has 1 saturated heterocycles. The first-order valence-electron chi connectivity index (χ1n) is 6.50. The Labute approximate surface area is 110 Å². The van der Waals surface area contributed by atoms with Crippen molar-refractivity contribution >= 4 is 6.02 Å². The highest BCUT2D eigenvalue weighted by Gasteiger charge is 2.31. The molecule has 1 fully saturated rings. The van der Waals surface area contributed by atoms with E-state index in [9.17, 15) is 0 Å². The van der Waals surface area contributed by atoms with E-state index in [0.29, 0.717) is 12.1 Å². The Morgan fingerprint density at radius 3 is 2.50 bits per heavy atom. The Hall–Kier alpha value is -0.810. The third-order valence-electron chi connectivity index (χ3n) is 3.12. The van der Waals surface area contributed by atoms with E-state index in [0.717, 1.165) is 12.8 Å². The Kier molecular flexibility index (Phi) is 5.88. The molecule has 1 heterocycles. The van der Waals surface area contributed by atoms with Gasteiger partial charge in [0.05, 0.1) is 13.2 Å². The van der Waals surface area contributed by atoms with E-state index in [1.165, 1.54) is 0 Å². The van der Waals surface area contributed by atoms with Crippen LogP contribution in [0.1, 0.15) is 33.6 Å². The number of rotatable bonds is 3. The van der Waals surface area contributed by atoms with E-state index in [-0.39, 0.29) is 18.4 Å². The summed E-state index contributed by atoms with van der Waals surface area (Å²) < 4.78 is 16.4. The lowest BCUT2D eigenvalue weighted by Crippen LogP contribution is -2.46. The van der Waals surface area contributed by atoms with E-state index in [1.54, 1.807) is 14.2 Å². The topological polar surface area (TPSA) is 43.3 Å². The summed E-state index contributed by atoms with van der Waals surface area (Å²) in [4.78, 5) is 6.57. The molecule has 5 heteroatoms. The van der Waals surface area contributed by atoms with E-state index < -0.39 is 0 Å². The summed E-state index contributed by atoms with van der Waals surface area (Å²) in [6.07, 6.45) is 1.83. The summed E-state index contributed by atoms with van der Waals surface area (Å²) >= 11 is 0. The molecular weight excluding hydrogens is 232 g/mol.